The Morgan fingerprint density at radius 1 is 1.08 bits per heavy atom. The zero-order chi connectivity index (χ0) is 17.8. The van der Waals surface area contributed by atoms with Crippen LogP contribution in [0.1, 0.15) is 23.4 Å². The molecule has 1 aliphatic heterocycles. The van der Waals surface area contributed by atoms with E-state index < -0.39 is 0 Å². The fourth-order valence-corrected chi connectivity index (χ4v) is 4.73. The molecule has 0 saturated carbocycles. The minimum absolute atomic E-state index is 0.841. The molecule has 0 fully saturated rings. The van der Waals surface area contributed by atoms with Gasteiger partial charge in [0.15, 0.2) is 0 Å². The molecule has 1 aliphatic rings. The second-order valence-electron chi connectivity index (χ2n) is 6.94. The number of halogens is 1. The maximum absolute atomic E-state index is 6.39. The van der Waals surface area contributed by atoms with E-state index in [-0.39, 0.29) is 0 Å². The number of rotatable bonds is 2. The molecule has 0 N–H and O–H groups in total. The van der Waals surface area contributed by atoms with E-state index in [4.69, 9.17) is 16.6 Å². The molecule has 3 nitrogen and oxygen atoms in total. The second kappa shape index (κ2) is 5.93. The summed E-state index contributed by atoms with van der Waals surface area (Å²) in [5.41, 5.74) is 9.79. The molecule has 5 heteroatoms. The van der Waals surface area contributed by atoms with Gasteiger partial charge in [0, 0.05) is 29.1 Å². The van der Waals surface area contributed by atoms with Gasteiger partial charge in [-0.05, 0) is 55.7 Å². The van der Waals surface area contributed by atoms with Crippen molar-refractivity contribution in [2.45, 2.75) is 33.2 Å². The monoisotopic (exact) mass is 379 g/mol. The van der Waals surface area contributed by atoms with Gasteiger partial charge in [-0.25, -0.2) is 9.97 Å². The van der Waals surface area contributed by atoms with E-state index in [0.29, 0.717) is 0 Å². The maximum Gasteiger partial charge on any atom is 0.109 e. The molecule has 26 heavy (non-hydrogen) atoms. The normalized spacial score (nSPS) is 13.5. The fourth-order valence-electron chi connectivity index (χ4n) is 3.91. The molecule has 0 amide bonds. The van der Waals surface area contributed by atoms with Gasteiger partial charge in [-0.15, -0.1) is 11.3 Å². The number of aryl methyl sites for hydroxylation is 3. The molecular formula is C21H18ClN3S. The van der Waals surface area contributed by atoms with Gasteiger partial charge in [0.05, 0.1) is 27.1 Å². The van der Waals surface area contributed by atoms with Crippen molar-refractivity contribution in [1.29, 1.82) is 0 Å². The molecule has 130 valence electrons. The first-order valence-electron chi connectivity index (χ1n) is 8.82. The van der Waals surface area contributed by atoms with Gasteiger partial charge < -0.3 is 4.57 Å². The number of thiazole rings is 1. The lowest BCUT2D eigenvalue weighted by atomic mass is 10.0. The van der Waals surface area contributed by atoms with Crippen LogP contribution >= 0.6 is 22.9 Å². The van der Waals surface area contributed by atoms with Crippen LogP contribution in [0, 0.1) is 13.8 Å². The van der Waals surface area contributed by atoms with Gasteiger partial charge in [-0.1, -0.05) is 17.7 Å². The van der Waals surface area contributed by atoms with E-state index in [2.05, 4.69) is 53.7 Å². The third-order valence-corrected chi connectivity index (χ3v) is 6.53. The molecule has 0 aliphatic carbocycles. The average molecular weight is 380 g/mol. The van der Waals surface area contributed by atoms with Gasteiger partial charge in [0.25, 0.3) is 0 Å². The zero-order valence-electron chi connectivity index (χ0n) is 14.7. The summed E-state index contributed by atoms with van der Waals surface area (Å²) in [6, 6.07) is 10.8. The third kappa shape index (κ3) is 2.40. The first kappa shape index (κ1) is 16.0. The van der Waals surface area contributed by atoms with Crippen molar-refractivity contribution in [2.75, 3.05) is 0 Å². The summed E-state index contributed by atoms with van der Waals surface area (Å²) < 4.78 is 3.60. The quantitative estimate of drug-likeness (QED) is 0.425. The highest BCUT2D eigenvalue weighted by Crippen LogP contribution is 2.38. The molecule has 5 rings (SSSR count). The number of nitrogens with zero attached hydrogens (tertiary/aromatic N) is 3. The SMILES string of the molecule is Cc1cc(-c2nc3n(c2-c2ccc4ncsc4c2)CCC3)cc(C)c1Cl. The second-order valence-corrected chi connectivity index (χ2v) is 8.20. The Hall–Kier alpha value is -2.17. The van der Waals surface area contributed by atoms with Crippen molar-refractivity contribution in [3.63, 3.8) is 0 Å². The summed E-state index contributed by atoms with van der Waals surface area (Å²) in [5, 5.41) is 0.841. The largest absolute Gasteiger partial charge is 0.327 e. The highest BCUT2D eigenvalue weighted by Gasteiger charge is 2.24. The number of aromatic nitrogens is 3. The van der Waals surface area contributed by atoms with Crippen LogP contribution < -0.4 is 0 Å². The summed E-state index contributed by atoms with van der Waals surface area (Å²) in [7, 11) is 0. The summed E-state index contributed by atoms with van der Waals surface area (Å²) in [6.07, 6.45) is 2.21. The predicted molar refractivity (Wildman–Crippen MR) is 109 cm³/mol. The summed E-state index contributed by atoms with van der Waals surface area (Å²) in [4.78, 5) is 9.43. The maximum atomic E-state index is 6.39. The van der Waals surface area contributed by atoms with Crippen molar-refractivity contribution in [2.24, 2.45) is 0 Å². The molecule has 4 aromatic rings. The highest BCUT2D eigenvalue weighted by molar-refractivity contribution is 7.16. The minimum Gasteiger partial charge on any atom is -0.327 e. The average Bonchev–Trinajstić information content (AvgIpc) is 3.33. The van der Waals surface area contributed by atoms with Crippen LogP contribution in [0.2, 0.25) is 5.02 Å². The van der Waals surface area contributed by atoms with Crippen molar-refractivity contribution in [3.8, 4) is 22.5 Å². The first-order chi connectivity index (χ1) is 12.6. The van der Waals surface area contributed by atoms with Crippen LogP contribution in [0.15, 0.2) is 35.8 Å². The molecule has 0 unspecified atom stereocenters. The molecule has 2 aromatic carbocycles. The Bertz CT molecular complexity index is 1130. The molecule has 0 bridgehead atoms. The lowest BCUT2D eigenvalue weighted by molar-refractivity contribution is 0.756. The molecule has 0 atom stereocenters. The topological polar surface area (TPSA) is 30.7 Å². The lowest BCUT2D eigenvalue weighted by Crippen LogP contribution is -1.96. The smallest absolute Gasteiger partial charge is 0.109 e. The zero-order valence-corrected chi connectivity index (χ0v) is 16.3. The number of hydrogen-bond acceptors (Lipinski definition) is 3. The van der Waals surface area contributed by atoms with Gasteiger partial charge in [0.1, 0.15) is 5.82 Å². The molecule has 0 spiro atoms. The van der Waals surface area contributed by atoms with Crippen molar-refractivity contribution in [1.82, 2.24) is 14.5 Å². The fraction of sp³-hybridized carbons (Fsp3) is 0.238. The molecule has 2 aromatic heterocycles. The predicted octanol–water partition coefficient (Wildman–Crippen LogP) is 6.04. The van der Waals surface area contributed by atoms with E-state index in [1.165, 1.54) is 21.8 Å². The van der Waals surface area contributed by atoms with E-state index >= 15 is 0 Å². The van der Waals surface area contributed by atoms with E-state index in [1.54, 1.807) is 11.3 Å². The Morgan fingerprint density at radius 3 is 2.69 bits per heavy atom. The third-order valence-electron chi connectivity index (χ3n) is 5.14. The van der Waals surface area contributed by atoms with Crippen LogP contribution in [0.4, 0.5) is 0 Å². The van der Waals surface area contributed by atoms with Crippen LogP contribution in [0.25, 0.3) is 32.7 Å². The lowest BCUT2D eigenvalue weighted by Gasteiger charge is -2.11. The first-order valence-corrected chi connectivity index (χ1v) is 10.1. The Kier molecular flexibility index (Phi) is 3.66. The molecular weight excluding hydrogens is 362 g/mol. The summed E-state index contributed by atoms with van der Waals surface area (Å²) in [6.45, 7) is 5.15. The Balaban J connectivity index is 1.77. The molecule has 3 heterocycles. The van der Waals surface area contributed by atoms with E-state index in [1.807, 2.05) is 5.51 Å². The van der Waals surface area contributed by atoms with Crippen LogP contribution in [-0.4, -0.2) is 14.5 Å². The number of benzene rings is 2. The van der Waals surface area contributed by atoms with E-state index in [0.717, 1.165) is 52.3 Å². The summed E-state index contributed by atoms with van der Waals surface area (Å²) in [5.74, 6) is 1.18. The molecule has 0 saturated heterocycles. The van der Waals surface area contributed by atoms with Gasteiger partial charge in [-0.2, -0.15) is 0 Å². The Labute approximate surface area is 161 Å². The molecule has 0 radical (unpaired) electrons. The highest BCUT2D eigenvalue weighted by atomic mass is 35.5. The van der Waals surface area contributed by atoms with Crippen molar-refractivity contribution in [3.05, 3.63) is 57.8 Å². The van der Waals surface area contributed by atoms with Crippen LogP contribution in [-0.2, 0) is 13.0 Å². The number of fused-ring (bicyclic) bond motifs is 2. The van der Waals surface area contributed by atoms with Gasteiger partial charge in [0.2, 0.25) is 0 Å². The van der Waals surface area contributed by atoms with Gasteiger partial charge >= 0.3 is 0 Å². The van der Waals surface area contributed by atoms with Crippen LogP contribution in [0.5, 0.6) is 0 Å². The number of imidazole rings is 1. The Morgan fingerprint density at radius 2 is 1.88 bits per heavy atom. The van der Waals surface area contributed by atoms with Crippen LogP contribution in [0.3, 0.4) is 0 Å². The van der Waals surface area contributed by atoms with Crippen molar-refractivity contribution < 1.29 is 0 Å². The number of hydrogen-bond donors (Lipinski definition) is 0. The van der Waals surface area contributed by atoms with E-state index in [9.17, 15) is 0 Å². The van der Waals surface area contributed by atoms with Crippen molar-refractivity contribution >= 4 is 33.2 Å². The minimum atomic E-state index is 0.841. The standard InChI is InChI=1S/C21H18ClN3S/c1-12-8-15(9-13(2)19(12)22)20-21(25-7-3-4-18(25)24-20)14-5-6-16-17(10-14)26-11-23-16/h5-6,8-11H,3-4,7H2,1-2H3. The summed E-state index contributed by atoms with van der Waals surface area (Å²) >= 11 is 8.07. The van der Waals surface area contributed by atoms with Gasteiger partial charge in [-0.3, -0.25) is 0 Å².